The van der Waals surface area contributed by atoms with E-state index < -0.39 is 17.8 Å². The maximum atomic E-state index is 14.5. The van der Waals surface area contributed by atoms with E-state index in [2.05, 4.69) is 5.32 Å². The molecule has 0 aliphatic carbocycles. The van der Waals surface area contributed by atoms with Gasteiger partial charge in [0.15, 0.2) is 0 Å². The molecule has 0 unspecified atom stereocenters. The largest absolute Gasteiger partial charge is 0.491 e. The van der Waals surface area contributed by atoms with Gasteiger partial charge in [0.05, 0.1) is 23.3 Å². The van der Waals surface area contributed by atoms with Crippen molar-refractivity contribution in [2.24, 2.45) is 5.92 Å². The predicted molar refractivity (Wildman–Crippen MR) is 139 cm³/mol. The lowest BCUT2D eigenvalue weighted by atomic mass is 10.0. The van der Waals surface area contributed by atoms with Gasteiger partial charge in [-0.2, -0.15) is 0 Å². The van der Waals surface area contributed by atoms with Crippen LogP contribution in [0.2, 0.25) is 0 Å². The van der Waals surface area contributed by atoms with E-state index in [0.29, 0.717) is 29.8 Å². The van der Waals surface area contributed by atoms with Crippen LogP contribution in [0.25, 0.3) is 0 Å². The SMILES string of the molecule is CCCC(=O)Nc1ccc2c(c1)C(=O)N(C)C[C@@H](OC)[C@@H](C)CN(C(=O)c1ccccc1F)[C@@H](C)CO2. The Kier molecular flexibility index (Phi) is 9.63. The summed E-state index contributed by atoms with van der Waals surface area (Å²) in [6, 6.07) is 10.4. The number of halogens is 1. The van der Waals surface area contributed by atoms with Crippen LogP contribution in [0.3, 0.4) is 0 Å². The molecular weight excluding hydrogens is 477 g/mol. The third-order valence-electron chi connectivity index (χ3n) is 6.57. The number of hydrogen-bond acceptors (Lipinski definition) is 5. The summed E-state index contributed by atoms with van der Waals surface area (Å²) in [5.41, 5.74) is 0.775. The molecule has 0 bridgehead atoms. The number of fused-ring (bicyclic) bond motifs is 1. The van der Waals surface area contributed by atoms with E-state index in [9.17, 15) is 18.8 Å². The fourth-order valence-electron chi connectivity index (χ4n) is 4.38. The van der Waals surface area contributed by atoms with Crippen LogP contribution in [0.15, 0.2) is 42.5 Å². The number of methoxy groups -OCH3 is 1. The van der Waals surface area contributed by atoms with E-state index in [4.69, 9.17) is 9.47 Å². The highest BCUT2D eigenvalue weighted by Gasteiger charge is 2.31. The van der Waals surface area contributed by atoms with Crippen molar-refractivity contribution in [3.63, 3.8) is 0 Å². The Hall–Kier alpha value is -3.46. The fourth-order valence-corrected chi connectivity index (χ4v) is 4.38. The van der Waals surface area contributed by atoms with Crippen LogP contribution >= 0.6 is 0 Å². The number of likely N-dealkylation sites (N-methyl/N-ethyl adjacent to an activating group) is 1. The van der Waals surface area contributed by atoms with Crippen LogP contribution in [-0.2, 0) is 9.53 Å². The molecule has 2 aromatic carbocycles. The third-order valence-corrected chi connectivity index (χ3v) is 6.57. The highest BCUT2D eigenvalue weighted by atomic mass is 19.1. The molecule has 0 spiro atoms. The Labute approximate surface area is 217 Å². The molecule has 0 saturated heterocycles. The molecule has 37 heavy (non-hydrogen) atoms. The Morgan fingerprint density at radius 2 is 1.89 bits per heavy atom. The first-order valence-corrected chi connectivity index (χ1v) is 12.6. The number of benzene rings is 2. The van der Waals surface area contributed by atoms with E-state index >= 15 is 0 Å². The van der Waals surface area contributed by atoms with Gasteiger partial charge in [0, 0.05) is 45.3 Å². The average molecular weight is 514 g/mol. The molecule has 0 aromatic heterocycles. The zero-order valence-corrected chi connectivity index (χ0v) is 22.1. The van der Waals surface area contributed by atoms with Gasteiger partial charge < -0.3 is 24.6 Å². The first kappa shape index (κ1) is 28.1. The van der Waals surface area contributed by atoms with Gasteiger partial charge in [0.1, 0.15) is 18.2 Å². The van der Waals surface area contributed by atoms with Crippen molar-refractivity contribution in [3.8, 4) is 5.75 Å². The smallest absolute Gasteiger partial charge is 0.257 e. The molecule has 1 heterocycles. The maximum absolute atomic E-state index is 14.5. The highest BCUT2D eigenvalue weighted by Crippen LogP contribution is 2.27. The second kappa shape index (κ2) is 12.7. The zero-order chi connectivity index (χ0) is 27.1. The minimum Gasteiger partial charge on any atom is -0.491 e. The van der Waals surface area contributed by atoms with E-state index in [1.807, 2.05) is 20.8 Å². The Morgan fingerprint density at radius 1 is 1.16 bits per heavy atom. The molecule has 1 aliphatic rings. The van der Waals surface area contributed by atoms with E-state index in [0.717, 1.165) is 0 Å². The van der Waals surface area contributed by atoms with Crippen LogP contribution in [0.4, 0.5) is 10.1 Å². The van der Waals surface area contributed by atoms with Crippen molar-refractivity contribution in [1.29, 1.82) is 0 Å². The summed E-state index contributed by atoms with van der Waals surface area (Å²) in [4.78, 5) is 42.1. The number of hydrogen-bond donors (Lipinski definition) is 1. The minimum absolute atomic E-state index is 0.0113. The lowest BCUT2D eigenvalue weighted by Crippen LogP contribution is -2.48. The second-order valence-corrected chi connectivity index (χ2v) is 9.54. The lowest BCUT2D eigenvalue weighted by molar-refractivity contribution is -0.116. The quantitative estimate of drug-likeness (QED) is 0.647. The number of rotatable bonds is 5. The van der Waals surface area contributed by atoms with Crippen molar-refractivity contribution in [2.45, 2.75) is 45.8 Å². The Balaban J connectivity index is 1.98. The molecule has 2 aromatic rings. The molecule has 1 N–H and O–H groups in total. The van der Waals surface area contributed by atoms with Gasteiger partial charge in [0.2, 0.25) is 5.91 Å². The van der Waals surface area contributed by atoms with Crippen molar-refractivity contribution in [2.75, 3.05) is 39.2 Å². The zero-order valence-electron chi connectivity index (χ0n) is 22.1. The molecule has 9 heteroatoms. The van der Waals surface area contributed by atoms with Crippen LogP contribution in [-0.4, -0.2) is 73.5 Å². The van der Waals surface area contributed by atoms with E-state index in [1.54, 1.807) is 54.3 Å². The Morgan fingerprint density at radius 3 is 2.57 bits per heavy atom. The summed E-state index contributed by atoms with van der Waals surface area (Å²) in [5.74, 6) is -1.28. The molecule has 0 fully saturated rings. The predicted octanol–water partition coefficient (Wildman–Crippen LogP) is 4.21. The molecule has 0 saturated carbocycles. The van der Waals surface area contributed by atoms with Gasteiger partial charge in [-0.25, -0.2) is 4.39 Å². The summed E-state index contributed by atoms with van der Waals surface area (Å²) in [6.07, 6.45) is 0.699. The molecule has 8 nitrogen and oxygen atoms in total. The summed E-state index contributed by atoms with van der Waals surface area (Å²) < 4.78 is 26.3. The number of nitrogens with zero attached hydrogens (tertiary/aromatic N) is 2. The molecule has 3 atom stereocenters. The average Bonchev–Trinajstić information content (AvgIpc) is 2.88. The van der Waals surface area contributed by atoms with Gasteiger partial charge >= 0.3 is 0 Å². The number of nitrogens with one attached hydrogen (secondary N) is 1. The lowest BCUT2D eigenvalue weighted by Gasteiger charge is -2.36. The molecule has 200 valence electrons. The number of amides is 3. The molecule has 3 rings (SSSR count). The summed E-state index contributed by atoms with van der Waals surface area (Å²) >= 11 is 0. The number of carbonyl (C=O) groups excluding carboxylic acids is 3. The molecule has 1 aliphatic heterocycles. The van der Waals surface area contributed by atoms with Crippen molar-refractivity contribution in [1.82, 2.24) is 9.80 Å². The van der Waals surface area contributed by atoms with Gasteiger partial charge in [-0.3, -0.25) is 14.4 Å². The van der Waals surface area contributed by atoms with Crippen LogP contribution < -0.4 is 10.1 Å². The topological polar surface area (TPSA) is 88.2 Å². The van der Waals surface area contributed by atoms with Crippen molar-refractivity contribution >= 4 is 23.4 Å². The highest BCUT2D eigenvalue weighted by molar-refractivity contribution is 5.99. The standard InChI is InChI=1S/C28H36FN3O5/c1-6-9-26(33)30-20-12-13-24-22(14-20)27(34)31(4)16-25(36-5)18(2)15-32(19(3)17-37-24)28(35)21-10-7-8-11-23(21)29/h7-8,10-14,18-19,25H,6,9,15-17H2,1-5H3,(H,30,33)/t18-,19-,25+/m0/s1. The molecular formula is C28H36FN3O5. The van der Waals surface area contributed by atoms with Crippen molar-refractivity contribution < 1.29 is 28.2 Å². The van der Waals surface area contributed by atoms with E-state index in [1.165, 1.54) is 12.1 Å². The van der Waals surface area contributed by atoms with Gasteiger partial charge in [0.25, 0.3) is 11.8 Å². The fraction of sp³-hybridized carbons (Fsp3) is 0.464. The van der Waals surface area contributed by atoms with E-state index in [-0.39, 0.29) is 49.1 Å². The molecule has 3 amide bonds. The van der Waals surface area contributed by atoms with Gasteiger partial charge in [-0.15, -0.1) is 0 Å². The molecule has 0 radical (unpaired) electrons. The van der Waals surface area contributed by atoms with Gasteiger partial charge in [-0.05, 0) is 43.7 Å². The second-order valence-electron chi connectivity index (χ2n) is 9.54. The first-order chi connectivity index (χ1) is 17.7. The third kappa shape index (κ3) is 6.85. The summed E-state index contributed by atoms with van der Waals surface area (Å²) in [6.45, 7) is 6.30. The van der Waals surface area contributed by atoms with Crippen LogP contribution in [0.5, 0.6) is 5.75 Å². The number of carbonyl (C=O) groups is 3. The van der Waals surface area contributed by atoms with Crippen molar-refractivity contribution in [3.05, 3.63) is 59.4 Å². The monoisotopic (exact) mass is 513 g/mol. The summed E-state index contributed by atoms with van der Waals surface area (Å²) in [7, 11) is 3.24. The van der Waals surface area contributed by atoms with Gasteiger partial charge in [-0.1, -0.05) is 26.0 Å². The van der Waals surface area contributed by atoms with Crippen LogP contribution in [0, 0.1) is 11.7 Å². The number of anilines is 1. The normalized spacial score (nSPS) is 20.8. The Bertz CT molecular complexity index is 1120. The van der Waals surface area contributed by atoms with Crippen LogP contribution in [0.1, 0.15) is 54.3 Å². The number of ether oxygens (including phenoxy) is 2. The maximum Gasteiger partial charge on any atom is 0.257 e. The minimum atomic E-state index is -0.587. The summed E-state index contributed by atoms with van der Waals surface area (Å²) in [5, 5.41) is 2.82. The first-order valence-electron chi connectivity index (χ1n) is 12.6.